The minimum absolute atomic E-state index is 0.000655. The number of likely N-dealkylation sites (tertiary alicyclic amines) is 1. The lowest BCUT2D eigenvalue weighted by molar-refractivity contribution is -0.174. The van der Waals surface area contributed by atoms with Crippen LogP contribution in [-0.4, -0.2) is 52.2 Å². The van der Waals surface area contributed by atoms with Crippen LogP contribution in [0.2, 0.25) is 0 Å². The molecular formula is C19H23N3O4. The Bertz CT molecular complexity index is 826. The monoisotopic (exact) mass is 357 g/mol. The van der Waals surface area contributed by atoms with Crippen LogP contribution in [0.3, 0.4) is 0 Å². The minimum Gasteiger partial charge on any atom is -0.466 e. The van der Waals surface area contributed by atoms with Gasteiger partial charge in [0.05, 0.1) is 25.3 Å². The van der Waals surface area contributed by atoms with Gasteiger partial charge in [-0.2, -0.15) is 0 Å². The molecule has 2 aliphatic heterocycles. The van der Waals surface area contributed by atoms with Crippen molar-refractivity contribution in [3.05, 3.63) is 41.1 Å². The van der Waals surface area contributed by atoms with E-state index in [1.54, 1.807) is 12.3 Å². The van der Waals surface area contributed by atoms with Gasteiger partial charge in [0.2, 0.25) is 0 Å². The van der Waals surface area contributed by atoms with Gasteiger partial charge < -0.3 is 18.8 Å². The molecular weight excluding hydrogens is 334 g/mol. The van der Waals surface area contributed by atoms with Crippen LogP contribution in [0.15, 0.2) is 22.7 Å². The van der Waals surface area contributed by atoms with Gasteiger partial charge in [-0.1, -0.05) is 0 Å². The van der Waals surface area contributed by atoms with Crippen molar-refractivity contribution in [2.45, 2.75) is 45.3 Å². The Morgan fingerprint density at radius 2 is 2.15 bits per heavy atom. The van der Waals surface area contributed by atoms with E-state index in [-0.39, 0.29) is 17.6 Å². The fourth-order valence-electron chi connectivity index (χ4n) is 3.74. The Kier molecular flexibility index (Phi) is 4.19. The summed E-state index contributed by atoms with van der Waals surface area (Å²) in [5.41, 5.74) is 1.19. The van der Waals surface area contributed by atoms with Gasteiger partial charge in [0.1, 0.15) is 23.2 Å². The zero-order chi connectivity index (χ0) is 18.3. The van der Waals surface area contributed by atoms with Crippen LogP contribution >= 0.6 is 0 Å². The average molecular weight is 357 g/mol. The lowest BCUT2D eigenvalue weighted by Crippen LogP contribution is -2.67. The number of nitrogens with zero attached hydrogens (tertiary/aromatic N) is 3. The second kappa shape index (κ2) is 6.39. The Balaban J connectivity index is 1.38. The zero-order valence-corrected chi connectivity index (χ0v) is 15.3. The molecule has 0 aromatic carbocycles. The molecule has 0 bridgehead atoms. The highest BCUT2D eigenvalue weighted by Gasteiger charge is 2.50. The van der Waals surface area contributed by atoms with Crippen molar-refractivity contribution in [1.29, 1.82) is 0 Å². The van der Waals surface area contributed by atoms with Crippen molar-refractivity contribution in [2.75, 3.05) is 19.7 Å². The topological polar surface area (TPSA) is 77.7 Å². The molecule has 2 fully saturated rings. The average Bonchev–Trinajstić information content (AvgIpc) is 2.90. The van der Waals surface area contributed by atoms with Crippen LogP contribution in [0.1, 0.15) is 40.4 Å². The summed E-state index contributed by atoms with van der Waals surface area (Å²) in [5, 5.41) is 0. The maximum absolute atomic E-state index is 12.7. The van der Waals surface area contributed by atoms with Crippen LogP contribution in [-0.2, 0) is 4.74 Å². The molecule has 1 unspecified atom stereocenters. The quantitative estimate of drug-likeness (QED) is 0.840. The summed E-state index contributed by atoms with van der Waals surface area (Å²) in [5.74, 6) is 1.41. The van der Waals surface area contributed by atoms with Crippen LogP contribution in [0.4, 0.5) is 0 Å². The molecule has 4 heterocycles. The number of carbonyl (C=O) groups is 1. The smallest absolute Gasteiger partial charge is 0.316 e. The Morgan fingerprint density at radius 3 is 2.85 bits per heavy atom. The SMILES string of the molecule is Cc1ccnc(OC2CCOC3(C2)CN(C(=O)c2cc(C)oc2C)C3)n1. The van der Waals surface area contributed by atoms with E-state index in [0.29, 0.717) is 37.0 Å². The molecule has 1 amide bonds. The molecule has 26 heavy (non-hydrogen) atoms. The lowest BCUT2D eigenvalue weighted by atomic mass is 9.84. The molecule has 7 heteroatoms. The van der Waals surface area contributed by atoms with Gasteiger partial charge in [0.15, 0.2) is 0 Å². The van der Waals surface area contributed by atoms with Crippen LogP contribution in [0.25, 0.3) is 0 Å². The molecule has 2 saturated heterocycles. The van der Waals surface area contributed by atoms with Gasteiger partial charge in [-0.25, -0.2) is 9.97 Å². The van der Waals surface area contributed by atoms with E-state index in [1.807, 2.05) is 31.7 Å². The van der Waals surface area contributed by atoms with Gasteiger partial charge >= 0.3 is 6.01 Å². The fraction of sp³-hybridized carbons (Fsp3) is 0.526. The predicted molar refractivity (Wildman–Crippen MR) is 93.2 cm³/mol. The number of aryl methyl sites for hydroxylation is 3. The number of amides is 1. The fourth-order valence-corrected chi connectivity index (χ4v) is 3.74. The number of hydrogen-bond donors (Lipinski definition) is 0. The Morgan fingerprint density at radius 1 is 1.35 bits per heavy atom. The highest BCUT2D eigenvalue weighted by molar-refractivity contribution is 5.96. The van der Waals surface area contributed by atoms with E-state index >= 15 is 0 Å². The molecule has 1 spiro atoms. The Hall–Kier alpha value is -2.41. The normalized spacial score (nSPS) is 21.5. The van der Waals surface area contributed by atoms with Crippen molar-refractivity contribution in [3.8, 4) is 6.01 Å². The molecule has 0 aliphatic carbocycles. The third-order valence-corrected chi connectivity index (χ3v) is 5.01. The number of furan rings is 1. The number of ether oxygens (including phenoxy) is 2. The van der Waals surface area contributed by atoms with Gasteiger partial charge in [-0.3, -0.25) is 4.79 Å². The summed E-state index contributed by atoms with van der Waals surface area (Å²) in [6, 6.07) is 4.04. The van der Waals surface area contributed by atoms with Crippen LogP contribution in [0, 0.1) is 20.8 Å². The van der Waals surface area contributed by atoms with E-state index < -0.39 is 0 Å². The number of aromatic nitrogens is 2. The van der Waals surface area contributed by atoms with Gasteiger partial charge in [-0.15, -0.1) is 0 Å². The molecule has 4 rings (SSSR count). The summed E-state index contributed by atoms with van der Waals surface area (Å²) in [4.78, 5) is 22.9. The highest BCUT2D eigenvalue weighted by Crippen LogP contribution is 2.36. The molecule has 0 N–H and O–H groups in total. The van der Waals surface area contributed by atoms with Gasteiger partial charge in [0, 0.05) is 24.7 Å². The van der Waals surface area contributed by atoms with E-state index in [0.717, 1.165) is 24.3 Å². The molecule has 2 aromatic heterocycles. The van der Waals surface area contributed by atoms with Crippen LogP contribution in [0.5, 0.6) is 6.01 Å². The van der Waals surface area contributed by atoms with Gasteiger partial charge in [-0.05, 0) is 32.9 Å². The summed E-state index contributed by atoms with van der Waals surface area (Å²) < 4.78 is 17.4. The van der Waals surface area contributed by atoms with E-state index in [1.165, 1.54) is 0 Å². The molecule has 0 saturated carbocycles. The number of carbonyl (C=O) groups excluding carboxylic acids is 1. The maximum atomic E-state index is 12.7. The van der Waals surface area contributed by atoms with Crippen molar-refractivity contribution in [2.24, 2.45) is 0 Å². The molecule has 2 aromatic rings. The van der Waals surface area contributed by atoms with E-state index in [2.05, 4.69) is 9.97 Å². The molecule has 138 valence electrons. The molecule has 2 aliphatic rings. The van der Waals surface area contributed by atoms with Crippen molar-refractivity contribution < 1.29 is 18.7 Å². The zero-order valence-electron chi connectivity index (χ0n) is 15.3. The highest BCUT2D eigenvalue weighted by atomic mass is 16.5. The molecule has 0 radical (unpaired) electrons. The third-order valence-electron chi connectivity index (χ3n) is 5.01. The van der Waals surface area contributed by atoms with E-state index in [9.17, 15) is 4.79 Å². The second-order valence-corrected chi connectivity index (χ2v) is 7.23. The molecule has 7 nitrogen and oxygen atoms in total. The first kappa shape index (κ1) is 17.0. The van der Waals surface area contributed by atoms with E-state index in [4.69, 9.17) is 13.9 Å². The summed E-state index contributed by atoms with van der Waals surface area (Å²) in [6.45, 7) is 7.34. The second-order valence-electron chi connectivity index (χ2n) is 7.23. The Labute approximate surface area is 152 Å². The number of rotatable bonds is 3. The summed E-state index contributed by atoms with van der Waals surface area (Å²) in [6.07, 6.45) is 3.23. The third kappa shape index (κ3) is 3.19. The van der Waals surface area contributed by atoms with Crippen molar-refractivity contribution in [1.82, 2.24) is 14.9 Å². The summed E-state index contributed by atoms with van der Waals surface area (Å²) >= 11 is 0. The first-order valence-electron chi connectivity index (χ1n) is 8.91. The van der Waals surface area contributed by atoms with Gasteiger partial charge in [0.25, 0.3) is 5.91 Å². The maximum Gasteiger partial charge on any atom is 0.316 e. The minimum atomic E-state index is -0.324. The first-order valence-corrected chi connectivity index (χ1v) is 8.91. The predicted octanol–water partition coefficient (Wildman–Crippen LogP) is 2.45. The van der Waals surface area contributed by atoms with Crippen molar-refractivity contribution >= 4 is 5.91 Å². The molecule has 1 atom stereocenters. The largest absolute Gasteiger partial charge is 0.466 e. The first-order chi connectivity index (χ1) is 12.4. The summed E-state index contributed by atoms with van der Waals surface area (Å²) in [7, 11) is 0. The van der Waals surface area contributed by atoms with Crippen molar-refractivity contribution in [3.63, 3.8) is 0 Å². The lowest BCUT2D eigenvalue weighted by Gasteiger charge is -2.52. The number of hydrogen-bond acceptors (Lipinski definition) is 6. The van der Waals surface area contributed by atoms with Crippen LogP contribution < -0.4 is 4.74 Å². The standard InChI is InChI=1S/C19H23N3O4/c1-12-4-6-20-18(21-12)26-15-5-7-24-19(9-15)10-22(11-19)17(23)16-8-13(2)25-14(16)3/h4,6,8,15H,5,7,9-11H2,1-3H3.